The van der Waals surface area contributed by atoms with E-state index in [1.54, 1.807) is 17.4 Å². The summed E-state index contributed by atoms with van der Waals surface area (Å²) in [5, 5.41) is 5.72. The van der Waals surface area contributed by atoms with Crippen molar-refractivity contribution in [2.75, 3.05) is 6.54 Å². The van der Waals surface area contributed by atoms with Crippen LogP contribution in [0.25, 0.3) is 10.6 Å². The predicted molar refractivity (Wildman–Crippen MR) is 93.7 cm³/mol. The molecule has 5 heteroatoms. The van der Waals surface area contributed by atoms with Crippen LogP contribution in [0.3, 0.4) is 0 Å². The number of nitrogens with zero attached hydrogens (tertiary/aromatic N) is 1. The minimum absolute atomic E-state index is 0.406. The first-order valence-electron chi connectivity index (χ1n) is 7.18. The molecule has 2 rings (SSSR count). The van der Waals surface area contributed by atoms with Crippen LogP contribution < -0.4 is 5.32 Å². The van der Waals surface area contributed by atoms with Crippen molar-refractivity contribution in [3.05, 3.63) is 38.8 Å². The van der Waals surface area contributed by atoms with Crippen LogP contribution in [0.15, 0.2) is 18.2 Å². The smallest absolute Gasteiger partial charge is 0.124 e. The molecular weight excluding hydrogens is 323 g/mol. The zero-order chi connectivity index (χ0) is 15.4. The van der Waals surface area contributed by atoms with Crippen LogP contribution in [0, 0.1) is 0 Å². The van der Waals surface area contributed by atoms with Crippen LogP contribution in [0.4, 0.5) is 0 Å². The van der Waals surface area contributed by atoms with E-state index in [1.165, 1.54) is 4.88 Å². The molecule has 2 aromatic rings. The molecular formula is C16H20Cl2N2S. The average Bonchev–Trinajstić information content (AvgIpc) is 2.82. The Balaban J connectivity index is 2.33. The number of nitrogens with one attached hydrogen (secondary N) is 1. The van der Waals surface area contributed by atoms with E-state index >= 15 is 0 Å². The molecule has 0 saturated carbocycles. The maximum atomic E-state index is 6.09. The highest BCUT2D eigenvalue weighted by Crippen LogP contribution is 2.34. The highest BCUT2D eigenvalue weighted by Gasteiger charge is 2.15. The van der Waals surface area contributed by atoms with Crippen molar-refractivity contribution < 1.29 is 0 Å². The summed E-state index contributed by atoms with van der Waals surface area (Å²) in [6.07, 6.45) is 1.13. The molecule has 0 aliphatic heterocycles. The number of thiazole rings is 1. The van der Waals surface area contributed by atoms with Gasteiger partial charge in [0, 0.05) is 27.0 Å². The lowest BCUT2D eigenvalue weighted by molar-refractivity contribution is 0.670. The lowest BCUT2D eigenvalue weighted by Crippen LogP contribution is -2.14. The van der Waals surface area contributed by atoms with Gasteiger partial charge in [-0.25, -0.2) is 4.98 Å². The van der Waals surface area contributed by atoms with Crippen LogP contribution in [0.2, 0.25) is 10.0 Å². The summed E-state index contributed by atoms with van der Waals surface area (Å²) in [5.41, 5.74) is 2.15. The molecule has 0 amide bonds. The SMILES string of the molecule is CCCNCc1sc(-c2cc(Cl)cc(Cl)c2)nc1C(C)C. The molecule has 0 aliphatic carbocycles. The third-order valence-electron chi connectivity index (χ3n) is 3.10. The molecule has 0 unspecified atom stereocenters. The first-order chi connectivity index (χ1) is 10.0. The van der Waals surface area contributed by atoms with Crippen molar-refractivity contribution in [2.24, 2.45) is 0 Å². The van der Waals surface area contributed by atoms with Gasteiger partial charge in [-0.15, -0.1) is 11.3 Å². The summed E-state index contributed by atoms with van der Waals surface area (Å²) in [7, 11) is 0. The molecule has 1 aromatic carbocycles. The molecule has 0 fully saturated rings. The van der Waals surface area contributed by atoms with Gasteiger partial charge in [-0.05, 0) is 37.1 Å². The molecule has 0 spiro atoms. The Morgan fingerprint density at radius 3 is 2.43 bits per heavy atom. The largest absolute Gasteiger partial charge is 0.312 e. The Kier molecular flexibility index (Phi) is 6.06. The monoisotopic (exact) mass is 342 g/mol. The topological polar surface area (TPSA) is 24.9 Å². The third-order valence-corrected chi connectivity index (χ3v) is 4.65. The van der Waals surface area contributed by atoms with E-state index in [0.29, 0.717) is 16.0 Å². The van der Waals surface area contributed by atoms with Gasteiger partial charge in [0.25, 0.3) is 0 Å². The Labute approximate surface area is 140 Å². The number of hydrogen-bond donors (Lipinski definition) is 1. The van der Waals surface area contributed by atoms with Crippen molar-refractivity contribution in [1.29, 1.82) is 0 Å². The van der Waals surface area contributed by atoms with Crippen molar-refractivity contribution in [1.82, 2.24) is 10.3 Å². The van der Waals surface area contributed by atoms with Gasteiger partial charge in [-0.2, -0.15) is 0 Å². The Morgan fingerprint density at radius 2 is 1.86 bits per heavy atom. The van der Waals surface area contributed by atoms with E-state index in [1.807, 2.05) is 12.1 Å². The molecule has 0 aliphatic rings. The Bertz CT molecular complexity index is 588. The van der Waals surface area contributed by atoms with Gasteiger partial charge in [0.15, 0.2) is 0 Å². The van der Waals surface area contributed by atoms with Crippen LogP contribution in [-0.4, -0.2) is 11.5 Å². The first-order valence-corrected chi connectivity index (χ1v) is 8.75. The summed E-state index contributed by atoms with van der Waals surface area (Å²) in [4.78, 5) is 6.10. The van der Waals surface area contributed by atoms with Gasteiger partial charge >= 0.3 is 0 Å². The second kappa shape index (κ2) is 7.59. The van der Waals surface area contributed by atoms with Gasteiger partial charge in [0.2, 0.25) is 0 Å². The van der Waals surface area contributed by atoms with Crippen LogP contribution in [0.1, 0.15) is 43.7 Å². The molecule has 2 nitrogen and oxygen atoms in total. The molecule has 0 atom stereocenters. The van der Waals surface area contributed by atoms with E-state index in [9.17, 15) is 0 Å². The molecule has 1 N–H and O–H groups in total. The minimum atomic E-state index is 0.406. The van der Waals surface area contributed by atoms with Crippen LogP contribution in [-0.2, 0) is 6.54 Å². The molecule has 1 aromatic heterocycles. The zero-order valence-electron chi connectivity index (χ0n) is 12.5. The van der Waals surface area contributed by atoms with Gasteiger partial charge in [0.1, 0.15) is 5.01 Å². The Hall–Kier alpha value is -0.610. The average molecular weight is 343 g/mol. The fourth-order valence-electron chi connectivity index (χ4n) is 2.12. The van der Waals surface area contributed by atoms with Gasteiger partial charge < -0.3 is 5.32 Å². The maximum Gasteiger partial charge on any atom is 0.124 e. The van der Waals surface area contributed by atoms with Crippen molar-refractivity contribution in [3.8, 4) is 10.6 Å². The van der Waals surface area contributed by atoms with Crippen LogP contribution in [0.5, 0.6) is 0 Å². The van der Waals surface area contributed by atoms with Crippen molar-refractivity contribution >= 4 is 34.5 Å². The molecule has 114 valence electrons. The maximum absolute atomic E-state index is 6.09. The van der Waals surface area contributed by atoms with E-state index < -0.39 is 0 Å². The first kappa shape index (κ1) is 16.8. The summed E-state index contributed by atoms with van der Waals surface area (Å²) in [6.45, 7) is 8.41. The standard InChI is InChI=1S/C16H20Cl2N2S/c1-4-5-19-9-14-15(10(2)3)20-16(21-14)11-6-12(17)8-13(18)7-11/h6-8,10,19H,4-5,9H2,1-3H3. The highest BCUT2D eigenvalue weighted by molar-refractivity contribution is 7.15. The molecule has 0 bridgehead atoms. The number of rotatable bonds is 6. The van der Waals surface area contributed by atoms with Gasteiger partial charge in [-0.3, -0.25) is 0 Å². The van der Waals surface area contributed by atoms with Crippen molar-refractivity contribution in [3.63, 3.8) is 0 Å². The molecule has 0 radical (unpaired) electrons. The summed E-state index contributed by atoms with van der Waals surface area (Å²) < 4.78 is 0. The van der Waals surface area contributed by atoms with Gasteiger partial charge in [-0.1, -0.05) is 44.0 Å². The minimum Gasteiger partial charge on any atom is -0.312 e. The summed E-state index contributed by atoms with van der Waals surface area (Å²) >= 11 is 13.9. The van der Waals surface area contributed by atoms with E-state index in [-0.39, 0.29) is 0 Å². The van der Waals surface area contributed by atoms with E-state index in [0.717, 1.165) is 35.8 Å². The second-order valence-corrected chi connectivity index (χ2v) is 7.27. The fourth-order valence-corrected chi connectivity index (χ4v) is 3.82. The lowest BCUT2D eigenvalue weighted by atomic mass is 10.1. The van der Waals surface area contributed by atoms with Crippen LogP contribution >= 0.6 is 34.5 Å². The molecule has 1 heterocycles. The van der Waals surface area contributed by atoms with Gasteiger partial charge in [0.05, 0.1) is 5.69 Å². The highest BCUT2D eigenvalue weighted by atomic mass is 35.5. The fraction of sp³-hybridized carbons (Fsp3) is 0.438. The number of aromatic nitrogens is 1. The normalized spacial score (nSPS) is 11.3. The van der Waals surface area contributed by atoms with Crippen molar-refractivity contribution in [2.45, 2.75) is 39.7 Å². The quantitative estimate of drug-likeness (QED) is 0.677. The lowest BCUT2D eigenvalue weighted by Gasteiger charge is -2.05. The number of hydrogen-bond acceptors (Lipinski definition) is 3. The Morgan fingerprint density at radius 1 is 1.19 bits per heavy atom. The second-order valence-electron chi connectivity index (χ2n) is 5.32. The summed E-state index contributed by atoms with van der Waals surface area (Å²) in [5.74, 6) is 0.406. The third kappa shape index (κ3) is 4.43. The number of halogens is 2. The molecule has 0 saturated heterocycles. The zero-order valence-corrected chi connectivity index (χ0v) is 14.9. The van der Waals surface area contributed by atoms with E-state index in [4.69, 9.17) is 28.2 Å². The summed E-state index contributed by atoms with van der Waals surface area (Å²) in [6, 6.07) is 5.58. The predicted octanol–water partition coefficient (Wildman–Crippen LogP) is 5.74. The molecule has 21 heavy (non-hydrogen) atoms. The number of benzene rings is 1. The van der Waals surface area contributed by atoms with E-state index in [2.05, 4.69) is 26.1 Å².